The third-order valence-corrected chi connectivity index (χ3v) is 6.27. The number of nitrogens with one attached hydrogen (secondary N) is 1. The summed E-state index contributed by atoms with van der Waals surface area (Å²) in [6.07, 6.45) is 4.46. The highest BCUT2D eigenvalue weighted by atomic mass is 19.1. The van der Waals surface area contributed by atoms with Crippen molar-refractivity contribution in [1.82, 2.24) is 25.1 Å². The van der Waals surface area contributed by atoms with Gasteiger partial charge in [0, 0.05) is 44.3 Å². The van der Waals surface area contributed by atoms with E-state index in [2.05, 4.69) is 20.2 Å². The summed E-state index contributed by atoms with van der Waals surface area (Å²) in [6.45, 7) is 0.986. The molecular weight excluding hydrogens is 435 g/mol. The molecule has 5 rings (SSSR count). The molecule has 1 aliphatic heterocycles. The van der Waals surface area contributed by atoms with E-state index in [0.717, 1.165) is 17.4 Å². The van der Waals surface area contributed by atoms with Crippen molar-refractivity contribution in [3.8, 4) is 0 Å². The topological polar surface area (TPSA) is 95.1 Å². The predicted molar refractivity (Wildman–Crippen MR) is 126 cm³/mol. The van der Waals surface area contributed by atoms with Crippen molar-refractivity contribution in [2.24, 2.45) is 0 Å². The van der Waals surface area contributed by atoms with Gasteiger partial charge in [0.25, 0.3) is 11.5 Å². The first-order valence-electron chi connectivity index (χ1n) is 11.0. The molecule has 0 aliphatic carbocycles. The number of anilines is 1. The number of halogens is 1. The molecule has 1 N–H and O–H groups in total. The van der Waals surface area contributed by atoms with Gasteiger partial charge in [-0.05, 0) is 36.2 Å². The molecule has 34 heavy (non-hydrogen) atoms. The van der Waals surface area contributed by atoms with Crippen LogP contribution in [0.4, 0.5) is 10.3 Å². The number of amides is 1. The van der Waals surface area contributed by atoms with Crippen LogP contribution in [-0.2, 0) is 6.42 Å². The van der Waals surface area contributed by atoms with Gasteiger partial charge in [-0.3, -0.25) is 9.59 Å². The van der Waals surface area contributed by atoms with Crippen molar-refractivity contribution in [3.63, 3.8) is 0 Å². The minimum absolute atomic E-state index is 0.0329. The van der Waals surface area contributed by atoms with E-state index in [1.807, 2.05) is 24.1 Å². The van der Waals surface area contributed by atoms with Crippen LogP contribution < -0.4 is 10.5 Å². The lowest BCUT2D eigenvalue weighted by atomic mass is 10.0. The maximum Gasteiger partial charge on any atom is 0.272 e. The minimum Gasteiger partial charge on any atom is -0.339 e. The van der Waals surface area contributed by atoms with Gasteiger partial charge < -0.3 is 9.80 Å². The van der Waals surface area contributed by atoms with E-state index in [4.69, 9.17) is 0 Å². The van der Waals surface area contributed by atoms with E-state index in [9.17, 15) is 14.0 Å². The van der Waals surface area contributed by atoms with Gasteiger partial charge in [-0.2, -0.15) is 5.10 Å². The molecule has 1 atom stereocenters. The summed E-state index contributed by atoms with van der Waals surface area (Å²) in [7, 11) is 1.90. The number of benzene rings is 2. The number of carbonyl (C=O) groups excluding carboxylic acids is 1. The van der Waals surface area contributed by atoms with Gasteiger partial charge in [-0.1, -0.05) is 24.3 Å². The summed E-state index contributed by atoms with van der Waals surface area (Å²) in [6, 6.07) is 13.5. The first kappa shape index (κ1) is 21.7. The second-order valence-electron chi connectivity index (χ2n) is 8.39. The third-order valence-electron chi connectivity index (χ3n) is 6.27. The summed E-state index contributed by atoms with van der Waals surface area (Å²) in [5.74, 6) is -0.310. The number of carbonyl (C=O) groups is 1. The van der Waals surface area contributed by atoms with Crippen molar-refractivity contribution < 1.29 is 9.18 Å². The molecule has 1 saturated heterocycles. The fraction of sp³-hybridized carbons (Fsp3) is 0.240. The maximum atomic E-state index is 14.7. The summed E-state index contributed by atoms with van der Waals surface area (Å²) in [5.41, 5.74) is 1.17. The van der Waals surface area contributed by atoms with E-state index in [1.165, 1.54) is 6.07 Å². The Balaban J connectivity index is 1.36. The molecule has 0 radical (unpaired) electrons. The monoisotopic (exact) mass is 458 g/mol. The predicted octanol–water partition coefficient (Wildman–Crippen LogP) is 2.79. The third kappa shape index (κ3) is 4.12. The maximum absolute atomic E-state index is 14.7. The fourth-order valence-corrected chi connectivity index (χ4v) is 4.40. The number of nitrogens with zero attached hydrogens (tertiary/aromatic N) is 5. The number of H-pyrrole nitrogens is 1. The first-order chi connectivity index (χ1) is 16.5. The van der Waals surface area contributed by atoms with E-state index in [0.29, 0.717) is 36.5 Å². The highest BCUT2D eigenvalue weighted by molar-refractivity contribution is 5.95. The summed E-state index contributed by atoms with van der Waals surface area (Å²) in [5, 5.41) is 7.98. The molecule has 0 bridgehead atoms. The molecule has 1 amide bonds. The molecule has 2 aromatic heterocycles. The lowest BCUT2D eigenvalue weighted by molar-refractivity contribution is 0.0786. The summed E-state index contributed by atoms with van der Waals surface area (Å²) >= 11 is 0. The Kier molecular flexibility index (Phi) is 5.75. The summed E-state index contributed by atoms with van der Waals surface area (Å²) < 4.78 is 14.7. The van der Waals surface area contributed by atoms with Crippen LogP contribution >= 0.6 is 0 Å². The second-order valence-corrected chi connectivity index (χ2v) is 8.39. The minimum atomic E-state index is -0.559. The van der Waals surface area contributed by atoms with Crippen LogP contribution in [0.5, 0.6) is 0 Å². The van der Waals surface area contributed by atoms with Crippen LogP contribution in [0.3, 0.4) is 0 Å². The number of hydrogen-bond acceptors (Lipinski definition) is 6. The van der Waals surface area contributed by atoms with Crippen molar-refractivity contribution in [2.75, 3.05) is 25.0 Å². The Morgan fingerprint density at radius 2 is 1.91 bits per heavy atom. The molecule has 3 heterocycles. The first-order valence-corrected chi connectivity index (χ1v) is 11.0. The van der Waals surface area contributed by atoms with Crippen molar-refractivity contribution >= 4 is 22.6 Å². The molecule has 2 aromatic carbocycles. The molecule has 1 aliphatic rings. The van der Waals surface area contributed by atoms with E-state index < -0.39 is 5.82 Å². The van der Waals surface area contributed by atoms with Gasteiger partial charge >= 0.3 is 0 Å². The zero-order chi connectivity index (χ0) is 23.7. The smallest absolute Gasteiger partial charge is 0.272 e. The van der Waals surface area contributed by atoms with Gasteiger partial charge in [0.1, 0.15) is 5.82 Å². The van der Waals surface area contributed by atoms with Gasteiger partial charge in [-0.15, -0.1) is 0 Å². The lowest BCUT2D eigenvalue weighted by Crippen LogP contribution is -2.37. The Labute approximate surface area is 195 Å². The average molecular weight is 458 g/mol. The molecule has 8 nitrogen and oxygen atoms in total. The number of aromatic amines is 1. The van der Waals surface area contributed by atoms with Crippen LogP contribution in [0.15, 0.2) is 65.7 Å². The molecule has 0 unspecified atom stereocenters. The molecule has 0 saturated carbocycles. The quantitative estimate of drug-likeness (QED) is 0.494. The number of likely N-dealkylation sites (tertiary alicyclic amines) is 1. The van der Waals surface area contributed by atoms with Gasteiger partial charge in [0.15, 0.2) is 0 Å². The number of aromatic nitrogens is 4. The number of likely N-dealkylation sites (N-methyl/N-ethyl adjacent to an activating group) is 1. The van der Waals surface area contributed by atoms with Crippen LogP contribution in [0.1, 0.15) is 28.0 Å². The van der Waals surface area contributed by atoms with Gasteiger partial charge in [0.05, 0.1) is 22.7 Å². The molecule has 9 heteroatoms. The highest BCUT2D eigenvalue weighted by Gasteiger charge is 2.31. The van der Waals surface area contributed by atoms with Crippen molar-refractivity contribution in [1.29, 1.82) is 0 Å². The van der Waals surface area contributed by atoms with Gasteiger partial charge in [0.2, 0.25) is 5.95 Å². The fourth-order valence-electron chi connectivity index (χ4n) is 4.40. The van der Waals surface area contributed by atoms with Gasteiger partial charge in [-0.25, -0.2) is 19.5 Å². The van der Waals surface area contributed by atoms with Crippen LogP contribution in [0.25, 0.3) is 10.8 Å². The summed E-state index contributed by atoms with van der Waals surface area (Å²) in [4.78, 5) is 37.4. The van der Waals surface area contributed by atoms with E-state index in [1.54, 1.807) is 47.6 Å². The largest absolute Gasteiger partial charge is 0.339 e. The zero-order valence-corrected chi connectivity index (χ0v) is 18.6. The Bertz CT molecular complexity index is 1410. The van der Waals surface area contributed by atoms with Crippen LogP contribution in [0.2, 0.25) is 0 Å². The molecule has 0 spiro atoms. The van der Waals surface area contributed by atoms with E-state index >= 15 is 0 Å². The van der Waals surface area contributed by atoms with Crippen molar-refractivity contribution in [2.45, 2.75) is 18.9 Å². The number of hydrogen-bond donors (Lipinski definition) is 1. The lowest BCUT2D eigenvalue weighted by Gasteiger charge is -2.24. The SMILES string of the molecule is CN(c1ncccn1)[C@@H]1CCN(C(=O)c2cc(Cc3n[nH]c(=O)c4ccccc34)ccc2F)C1. The highest BCUT2D eigenvalue weighted by Crippen LogP contribution is 2.23. The number of rotatable bonds is 5. The van der Waals surface area contributed by atoms with Crippen molar-refractivity contribution in [3.05, 3.63) is 93.9 Å². The Morgan fingerprint density at radius 3 is 2.71 bits per heavy atom. The Hall–Kier alpha value is -4.14. The number of fused-ring (bicyclic) bond motifs is 1. The second kappa shape index (κ2) is 9.01. The standard InChI is InChI=1S/C25H23FN6O2/c1-31(25-27-10-4-11-28-25)17-9-12-32(15-17)24(34)20-13-16(7-8-21(20)26)14-22-18-5-2-3-6-19(18)23(33)30-29-22/h2-8,10-11,13,17H,9,12,14-15H2,1H3,(H,30,33)/t17-/m1/s1. The zero-order valence-electron chi connectivity index (χ0n) is 18.6. The Morgan fingerprint density at radius 1 is 1.15 bits per heavy atom. The normalized spacial score (nSPS) is 15.6. The van der Waals surface area contributed by atoms with Crippen LogP contribution in [-0.4, -0.2) is 57.2 Å². The molecule has 4 aromatic rings. The average Bonchev–Trinajstić information content (AvgIpc) is 3.37. The molecule has 1 fully saturated rings. The molecular formula is C25H23FN6O2. The van der Waals surface area contributed by atoms with Crippen LogP contribution in [0, 0.1) is 5.82 Å². The molecule has 172 valence electrons. The van der Waals surface area contributed by atoms with E-state index in [-0.39, 0.29) is 23.1 Å².